The zero-order valence-electron chi connectivity index (χ0n) is 52.8. The van der Waals surface area contributed by atoms with Crippen molar-refractivity contribution in [1.29, 1.82) is 0 Å². The van der Waals surface area contributed by atoms with Crippen LogP contribution in [0.15, 0.2) is 97.2 Å². The van der Waals surface area contributed by atoms with E-state index in [1.54, 1.807) is 0 Å². The number of rotatable bonds is 62. The predicted molar refractivity (Wildman–Crippen MR) is 348 cm³/mol. The summed E-state index contributed by atoms with van der Waals surface area (Å²) in [5, 5.41) is 0. The fraction of sp³-hybridized carbons (Fsp3) is 0.743. The van der Waals surface area contributed by atoms with Crippen LogP contribution in [-0.4, -0.2) is 37.2 Å². The summed E-state index contributed by atoms with van der Waals surface area (Å²) >= 11 is 0. The number of allylic oxidation sites excluding steroid dienone is 16. The van der Waals surface area contributed by atoms with Crippen molar-refractivity contribution in [3.63, 3.8) is 0 Å². The highest BCUT2D eigenvalue weighted by Gasteiger charge is 2.19. The molecule has 0 aliphatic rings. The predicted octanol–water partition coefficient (Wildman–Crippen LogP) is 23.6. The number of hydrogen-bond acceptors (Lipinski definition) is 6. The van der Waals surface area contributed by atoms with Crippen molar-refractivity contribution in [3.8, 4) is 0 Å². The van der Waals surface area contributed by atoms with E-state index in [-0.39, 0.29) is 37.5 Å². The quantitative estimate of drug-likeness (QED) is 0.0261. The van der Waals surface area contributed by atoms with Crippen molar-refractivity contribution in [2.24, 2.45) is 0 Å². The fourth-order valence-electron chi connectivity index (χ4n) is 9.66. The molecule has 6 heteroatoms. The van der Waals surface area contributed by atoms with Gasteiger partial charge in [0.25, 0.3) is 0 Å². The molecule has 0 spiro atoms. The van der Waals surface area contributed by atoms with Gasteiger partial charge >= 0.3 is 17.9 Å². The lowest BCUT2D eigenvalue weighted by molar-refractivity contribution is -0.167. The number of carbonyl (C=O) groups excluding carboxylic acids is 3. The first-order valence-electron chi connectivity index (χ1n) is 34.2. The maximum Gasteiger partial charge on any atom is 0.306 e. The Morgan fingerprint density at radius 2 is 0.500 bits per heavy atom. The van der Waals surface area contributed by atoms with E-state index in [2.05, 4.69) is 118 Å². The average molecular weight is 1110 g/mol. The molecule has 0 amide bonds. The molecule has 0 rings (SSSR count). The molecule has 0 aromatic rings. The summed E-state index contributed by atoms with van der Waals surface area (Å²) in [7, 11) is 0. The highest BCUT2D eigenvalue weighted by molar-refractivity contribution is 5.71. The summed E-state index contributed by atoms with van der Waals surface area (Å²) in [6, 6.07) is 0. The van der Waals surface area contributed by atoms with Crippen LogP contribution in [0.4, 0.5) is 0 Å². The van der Waals surface area contributed by atoms with E-state index < -0.39 is 6.10 Å². The van der Waals surface area contributed by atoms with Crippen LogP contribution < -0.4 is 0 Å². The Kier molecular flexibility index (Phi) is 64.7. The van der Waals surface area contributed by atoms with Crippen molar-refractivity contribution in [2.75, 3.05) is 13.2 Å². The van der Waals surface area contributed by atoms with Crippen molar-refractivity contribution < 1.29 is 28.6 Å². The van der Waals surface area contributed by atoms with Gasteiger partial charge in [0.05, 0.1) is 0 Å². The van der Waals surface area contributed by atoms with E-state index in [9.17, 15) is 14.4 Å². The van der Waals surface area contributed by atoms with Crippen LogP contribution in [0.1, 0.15) is 335 Å². The van der Waals surface area contributed by atoms with Crippen molar-refractivity contribution in [1.82, 2.24) is 0 Å². The van der Waals surface area contributed by atoms with Gasteiger partial charge in [-0.1, -0.05) is 298 Å². The Morgan fingerprint density at radius 1 is 0.263 bits per heavy atom. The first kappa shape index (κ1) is 76.3. The minimum absolute atomic E-state index is 0.0966. The van der Waals surface area contributed by atoms with Crippen molar-refractivity contribution in [2.45, 2.75) is 341 Å². The monoisotopic (exact) mass is 1110 g/mol. The number of hydrogen-bond donors (Lipinski definition) is 0. The average Bonchev–Trinajstić information content (AvgIpc) is 3.46. The standard InChI is InChI=1S/C74H128O6/c1-4-7-10-13-16-19-22-25-28-29-30-31-32-33-34-35-36-37-38-39-40-41-42-43-44-45-47-49-52-55-58-61-64-67-73(76)79-70-71(69-78-72(75)66-63-60-57-54-51-48-27-24-21-18-15-12-9-6-3)80-74(77)68-65-62-59-56-53-50-46-26-23-20-17-14-11-8-5-2/h8,11,15,17-18,20,22,24-27,29-30,46,53,56,71H,4-7,9-10,12-14,16,19,21,23,28,31-45,47-52,54-55,57-70H2,1-3H3/b11-8-,18-15-,20-17-,25-22-,27-24-,30-29-,46-26-,56-53-. The first-order chi connectivity index (χ1) is 39.5. The third-order valence-corrected chi connectivity index (χ3v) is 14.8. The van der Waals surface area contributed by atoms with Crippen molar-refractivity contribution in [3.05, 3.63) is 97.2 Å². The Hall–Kier alpha value is -3.67. The molecule has 0 fully saturated rings. The molecular weight excluding hydrogens is 985 g/mol. The SMILES string of the molecule is CC/C=C\C/C=C\C/C=C\C/C=C\CCCCC(=O)OC(COC(=O)CCCCCCC/C=C\C/C=C\CCCC)COC(=O)CCCCCCCCCCCCCCCCCCCCCCC/C=C\C/C=C\CCCCCCC. The summed E-state index contributed by atoms with van der Waals surface area (Å²) in [4.78, 5) is 38.3. The Morgan fingerprint density at radius 3 is 0.825 bits per heavy atom. The molecule has 460 valence electrons. The van der Waals surface area contributed by atoms with Gasteiger partial charge in [0.2, 0.25) is 0 Å². The maximum absolute atomic E-state index is 12.9. The van der Waals surface area contributed by atoms with Crippen LogP contribution in [0.5, 0.6) is 0 Å². The molecule has 1 unspecified atom stereocenters. The number of carbonyl (C=O) groups is 3. The summed E-state index contributed by atoms with van der Waals surface area (Å²) in [6.07, 6.45) is 91.7. The second-order valence-corrected chi connectivity index (χ2v) is 22.7. The van der Waals surface area contributed by atoms with E-state index >= 15 is 0 Å². The van der Waals surface area contributed by atoms with Gasteiger partial charge in [-0.25, -0.2) is 0 Å². The highest BCUT2D eigenvalue weighted by atomic mass is 16.6. The van der Waals surface area contributed by atoms with E-state index in [1.807, 2.05) is 0 Å². The minimum atomic E-state index is -0.805. The molecule has 0 heterocycles. The summed E-state index contributed by atoms with van der Waals surface area (Å²) in [5.74, 6) is -0.942. The molecule has 0 bridgehead atoms. The Balaban J connectivity index is 4.17. The third-order valence-electron chi connectivity index (χ3n) is 14.8. The second kappa shape index (κ2) is 67.8. The normalized spacial score (nSPS) is 12.7. The largest absolute Gasteiger partial charge is 0.462 e. The number of unbranched alkanes of at least 4 members (excludes halogenated alkanes) is 35. The van der Waals surface area contributed by atoms with Crippen LogP contribution in [0, 0.1) is 0 Å². The van der Waals surface area contributed by atoms with Gasteiger partial charge in [-0.3, -0.25) is 14.4 Å². The lowest BCUT2D eigenvalue weighted by Crippen LogP contribution is -2.30. The molecule has 0 aromatic heterocycles. The van der Waals surface area contributed by atoms with Crippen LogP contribution in [0.25, 0.3) is 0 Å². The molecule has 1 atom stereocenters. The molecule has 0 saturated heterocycles. The Labute approximate surface area is 496 Å². The topological polar surface area (TPSA) is 78.9 Å². The molecular formula is C74H128O6. The van der Waals surface area contributed by atoms with Gasteiger partial charge in [-0.2, -0.15) is 0 Å². The van der Waals surface area contributed by atoms with Gasteiger partial charge in [0.15, 0.2) is 6.10 Å². The van der Waals surface area contributed by atoms with E-state index in [1.165, 1.54) is 180 Å². The van der Waals surface area contributed by atoms with Crippen LogP contribution in [0.2, 0.25) is 0 Å². The van der Waals surface area contributed by atoms with E-state index in [0.29, 0.717) is 19.3 Å². The van der Waals surface area contributed by atoms with Crippen LogP contribution in [0.3, 0.4) is 0 Å². The molecule has 0 aliphatic heterocycles. The lowest BCUT2D eigenvalue weighted by atomic mass is 10.0. The van der Waals surface area contributed by atoms with Crippen LogP contribution >= 0.6 is 0 Å². The van der Waals surface area contributed by atoms with E-state index in [4.69, 9.17) is 14.2 Å². The molecule has 0 saturated carbocycles. The second-order valence-electron chi connectivity index (χ2n) is 22.7. The number of ether oxygens (including phenoxy) is 3. The van der Waals surface area contributed by atoms with Gasteiger partial charge in [0.1, 0.15) is 13.2 Å². The zero-order chi connectivity index (χ0) is 57.8. The smallest absolute Gasteiger partial charge is 0.306 e. The minimum Gasteiger partial charge on any atom is -0.462 e. The van der Waals surface area contributed by atoms with Gasteiger partial charge in [-0.15, -0.1) is 0 Å². The van der Waals surface area contributed by atoms with Crippen LogP contribution in [-0.2, 0) is 28.6 Å². The van der Waals surface area contributed by atoms with E-state index in [0.717, 1.165) is 109 Å². The maximum atomic E-state index is 12.9. The molecule has 6 nitrogen and oxygen atoms in total. The van der Waals surface area contributed by atoms with Gasteiger partial charge < -0.3 is 14.2 Å². The molecule has 0 aromatic carbocycles. The lowest BCUT2D eigenvalue weighted by Gasteiger charge is -2.18. The fourth-order valence-corrected chi connectivity index (χ4v) is 9.66. The molecule has 80 heavy (non-hydrogen) atoms. The van der Waals surface area contributed by atoms with Gasteiger partial charge in [-0.05, 0) is 116 Å². The molecule has 0 N–H and O–H groups in total. The zero-order valence-corrected chi connectivity index (χ0v) is 52.8. The summed E-state index contributed by atoms with van der Waals surface area (Å²) in [6.45, 7) is 6.46. The molecule has 0 aliphatic carbocycles. The molecule has 0 radical (unpaired) electrons. The number of esters is 3. The summed E-state index contributed by atoms with van der Waals surface area (Å²) in [5.41, 5.74) is 0. The summed E-state index contributed by atoms with van der Waals surface area (Å²) < 4.78 is 16.9. The highest BCUT2D eigenvalue weighted by Crippen LogP contribution is 2.17. The van der Waals surface area contributed by atoms with Gasteiger partial charge in [0, 0.05) is 19.3 Å². The third kappa shape index (κ3) is 65.1. The first-order valence-corrected chi connectivity index (χ1v) is 34.2. The van der Waals surface area contributed by atoms with Crippen molar-refractivity contribution >= 4 is 17.9 Å². The Bertz CT molecular complexity index is 1560.